The second-order valence-electron chi connectivity index (χ2n) is 8.63. The zero-order chi connectivity index (χ0) is 27.2. The first-order valence-electron chi connectivity index (χ1n) is 11.5. The predicted molar refractivity (Wildman–Crippen MR) is 139 cm³/mol. The second-order valence-corrected chi connectivity index (χ2v) is 9.23. The van der Waals surface area contributed by atoms with Gasteiger partial charge >= 0.3 is 10.5 Å². The van der Waals surface area contributed by atoms with Crippen molar-refractivity contribution < 1.29 is 17.6 Å². The minimum absolute atomic E-state index is 0.176. The molecule has 1 amide bonds. The summed E-state index contributed by atoms with van der Waals surface area (Å²) in [6.07, 6.45) is 6.15. The van der Waals surface area contributed by atoms with Crippen LogP contribution in [0.3, 0.4) is 0 Å². The number of hydrogen-bond donors (Lipinski definition) is 1. The Labute approximate surface area is 220 Å². The number of aromatic nitrogens is 4. The van der Waals surface area contributed by atoms with E-state index in [1.807, 2.05) is 19.0 Å². The molecule has 4 aromatic rings. The molecule has 0 atom stereocenters. The summed E-state index contributed by atoms with van der Waals surface area (Å²) in [5.41, 5.74) is 2.28. The van der Waals surface area contributed by atoms with E-state index in [2.05, 4.69) is 24.9 Å². The van der Waals surface area contributed by atoms with E-state index in [0.717, 1.165) is 0 Å². The lowest BCUT2D eigenvalue weighted by molar-refractivity contribution is 0.0952. The van der Waals surface area contributed by atoms with Crippen molar-refractivity contribution in [3.05, 3.63) is 78.1 Å². The van der Waals surface area contributed by atoms with Crippen LogP contribution in [0.4, 0.5) is 10.2 Å². The maximum Gasteiger partial charge on any atom is 0.334 e. The number of benzene rings is 1. The highest BCUT2D eigenvalue weighted by Crippen LogP contribution is 2.21. The Morgan fingerprint density at radius 2 is 1.79 bits per heavy atom. The largest absolute Gasteiger partial charge is 0.348 e. The van der Waals surface area contributed by atoms with Crippen LogP contribution in [-0.2, 0) is 17.0 Å². The monoisotopic (exact) mass is 539 g/mol. The average molecular weight is 540 g/mol. The number of anilines is 1. The number of hydrazine groups is 1. The number of hydrogen-bond acceptors (Lipinski definition) is 9. The maximum absolute atomic E-state index is 13.3. The number of rotatable bonds is 10. The lowest BCUT2D eigenvalue weighted by atomic mass is 10.1. The molecule has 1 aromatic carbocycles. The number of fused-ring (bicyclic) bond motifs is 1. The lowest BCUT2D eigenvalue weighted by Gasteiger charge is -2.27. The Morgan fingerprint density at radius 1 is 1.03 bits per heavy atom. The van der Waals surface area contributed by atoms with Gasteiger partial charge in [0.2, 0.25) is 0 Å². The minimum atomic E-state index is -2.67. The van der Waals surface area contributed by atoms with Gasteiger partial charge in [0, 0.05) is 44.5 Å². The first-order chi connectivity index (χ1) is 18.2. The number of carbonyl (C=O) groups excluding carboxylic acids is 1. The molecule has 0 bridgehead atoms. The lowest BCUT2D eigenvalue weighted by Crippen LogP contribution is -2.40. The molecule has 1 N–H and O–H groups in total. The highest BCUT2D eigenvalue weighted by Gasteiger charge is 2.16. The number of halogens is 1. The van der Waals surface area contributed by atoms with Gasteiger partial charge in [-0.25, -0.2) is 14.1 Å². The summed E-state index contributed by atoms with van der Waals surface area (Å²) < 4.78 is 41.0. The third kappa shape index (κ3) is 6.34. The summed E-state index contributed by atoms with van der Waals surface area (Å²) >= 11 is 0. The van der Waals surface area contributed by atoms with Gasteiger partial charge in [0.15, 0.2) is 5.82 Å². The van der Waals surface area contributed by atoms with Gasteiger partial charge in [-0.3, -0.25) is 9.78 Å². The third-order valence-electron chi connectivity index (χ3n) is 5.62. The number of pyridine rings is 2. The summed E-state index contributed by atoms with van der Waals surface area (Å²) in [7, 11) is 2.87. The second kappa shape index (κ2) is 11.9. The van der Waals surface area contributed by atoms with Crippen molar-refractivity contribution in [1.82, 2.24) is 35.0 Å². The first kappa shape index (κ1) is 26.8. The molecule has 4 rings (SSSR count). The molecule has 0 fully saturated rings. The van der Waals surface area contributed by atoms with E-state index in [1.54, 1.807) is 53.4 Å². The van der Waals surface area contributed by atoms with Gasteiger partial charge < -0.3 is 10.2 Å². The molecule has 0 aliphatic carbocycles. The van der Waals surface area contributed by atoms with E-state index in [0.29, 0.717) is 46.6 Å². The Kier molecular flexibility index (Phi) is 8.35. The molecular formula is C24H26FN9O3S. The number of nitrogens with one attached hydrogen (secondary N) is 1. The van der Waals surface area contributed by atoms with Crippen LogP contribution in [0.15, 0.2) is 65.7 Å². The van der Waals surface area contributed by atoms with Gasteiger partial charge in [0.25, 0.3) is 5.91 Å². The molecule has 0 saturated carbocycles. The normalized spacial score (nSPS) is 11.2. The predicted octanol–water partition coefficient (Wildman–Crippen LogP) is 2.08. The fourth-order valence-corrected chi connectivity index (χ4v) is 3.94. The molecule has 12 nitrogen and oxygen atoms in total. The summed E-state index contributed by atoms with van der Waals surface area (Å²) in [4.78, 5) is 23.4. The quantitative estimate of drug-likeness (QED) is 0.301. The Bertz CT molecular complexity index is 1550. The van der Waals surface area contributed by atoms with Crippen molar-refractivity contribution >= 4 is 33.1 Å². The molecule has 198 valence electrons. The van der Waals surface area contributed by atoms with Crippen LogP contribution in [-0.4, -0.2) is 78.2 Å². The molecule has 0 spiro atoms. The number of amides is 1. The van der Waals surface area contributed by atoms with E-state index in [1.165, 1.54) is 29.6 Å². The van der Waals surface area contributed by atoms with Crippen molar-refractivity contribution in [2.45, 2.75) is 6.54 Å². The highest BCUT2D eigenvalue weighted by atomic mass is 32.2. The Balaban J connectivity index is 1.47. The Hall–Kier alpha value is -4.27. The first-order valence-corrected chi connectivity index (χ1v) is 12.5. The van der Waals surface area contributed by atoms with Gasteiger partial charge in [-0.1, -0.05) is 6.07 Å². The molecular weight excluding hydrogens is 513 g/mol. The fourth-order valence-electron chi connectivity index (χ4n) is 3.61. The fraction of sp³-hybridized carbons (Fsp3) is 0.250. The van der Waals surface area contributed by atoms with Gasteiger partial charge in [0.05, 0.1) is 29.2 Å². The third-order valence-corrected chi connectivity index (χ3v) is 5.91. The molecule has 0 aliphatic heterocycles. The van der Waals surface area contributed by atoms with Gasteiger partial charge in [-0.2, -0.15) is 23.6 Å². The SMILES string of the molecule is CN(C)CCN(C)N(N=S(=O)=O)c1ccc(CNC(=O)c2cncc3c2cnn3-c2ccc(F)cc2)cn1. The molecule has 0 unspecified atom stereocenters. The van der Waals surface area contributed by atoms with E-state index < -0.39 is 10.5 Å². The van der Waals surface area contributed by atoms with E-state index in [4.69, 9.17) is 0 Å². The maximum atomic E-state index is 13.3. The van der Waals surface area contributed by atoms with Crippen LogP contribution in [0.5, 0.6) is 0 Å². The molecule has 0 saturated heterocycles. The average Bonchev–Trinajstić information content (AvgIpc) is 3.34. The number of carbonyl (C=O) groups is 1. The molecule has 0 aliphatic rings. The summed E-state index contributed by atoms with van der Waals surface area (Å²) in [6.45, 7) is 1.38. The van der Waals surface area contributed by atoms with Crippen LogP contribution < -0.4 is 10.4 Å². The van der Waals surface area contributed by atoms with Crippen LogP contribution in [0.1, 0.15) is 15.9 Å². The molecule has 38 heavy (non-hydrogen) atoms. The van der Waals surface area contributed by atoms with E-state index in [9.17, 15) is 17.6 Å². The van der Waals surface area contributed by atoms with Crippen LogP contribution in [0, 0.1) is 5.82 Å². The van der Waals surface area contributed by atoms with Gasteiger partial charge in [0.1, 0.15) is 5.82 Å². The van der Waals surface area contributed by atoms with Crippen LogP contribution in [0.2, 0.25) is 0 Å². The highest BCUT2D eigenvalue weighted by molar-refractivity contribution is 7.61. The zero-order valence-corrected chi connectivity index (χ0v) is 21.8. The Morgan fingerprint density at radius 3 is 2.45 bits per heavy atom. The molecule has 0 radical (unpaired) electrons. The molecule has 14 heteroatoms. The molecule has 3 aromatic heterocycles. The van der Waals surface area contributed by atoms with Gasteiger partial charge in [-0.15, -0.1) is 0 Å². The molecule has 3 heterocycles. The standard InChI is InChI=1S/C24H26FN9O3S/c1-31(2)10-11-32(3)34(30-38(36)37)23-9-4-17(12-27-23)13-28-24(35)21-14-26-16-22-20(21)15-29-33(22)19-7-5-18(25)6-8-19/h4-9,12,14-16H,10-11,13H2,1-3H3,(H,28,35). The van der Waals surface area contributed by atoms with Crippen molar-refractivity contribution in [2.75, 3.05) is 39.4 Å². The van der Waals surface area contributed by atoms with Crippen molar-refractivity contribution in [3.8, 4) is 5.69 Å². The smallest absolute Gasteiger partial charge is 0.334 e. The van der Waals surface area contributed by atoms with E-state index in [-0.39, 0.29) is 18.3 Å². The number of likely N-dealkylation sites (N-methyl/N-ethyl adjacent to an activating group) is 2. The van der Waals surface area contributed by atoms with Crippen molar-refractivity contribution in [3.63, 3.8) is 0 Å². The van der Waals surface area contributed by atoms with Gasteiger partial charge in [-0.05, 0) is 54.5 Å². The summed E-state index contributed by atoms with van der Waals surface area (Å²) in [5, 5.41) is 10.6. The summed E-state index contributed by atoms with van der Waals surface area (Å²) in [6, 6.07) is 9.20. The van der Waals surface area contributed by atoms with Crippen molar-refractivity contribution in [2.24, 2.45) is 4.47 Å². The van der Waals surface area contributed by atoms with Crippen molar-refractivity contribution in [1.29, 1.82) is 0 Å². The van der Waals surface area contributed by atoms with Crippen LogP contribution >= 0.6 is 0 Å². The van der Waals surface area contributed by atoms with E-state index >= 15 is 0 Å². The summed E-state index contributed by atoms with van der Waals surface area (Å²) in [5.74, 6) is -0.398. The van der Waals surface area contributed by atoms with Crippen LogP contribution in [0.25, 0.3) is 16.6 Å². The number of nitrogens with zero attached hydrogens (tertiary/aromatic N) is 8. The zero-order valence-electron chi connectivity index (χ0n) is 21.0. The topological polar surface area (TPSA) is 129 Å². The minimum Gasteiger partial charge on any atom is -0.348 e.